The molecule has 0 bridgehead atoms. The van der Waals surface area contributed by atoms with Crippen molar-refractivity contribution in [2.45, 2.75) is 20.0 Å². The number of hydrogen-bond acceptors (Lipinski definition) is 6. The van der Waals surface area contributed by atoms with E-state index in [-0.39, 0.29) is 23.2 Å². The Kier molecular flexibility index (Phi) is 3.88. The minimum Gasteiger partial charge on any atom is -0.478 e. The SMILES string of the molecule is CC(C)OC(=O)c1nnn(-c2ccc(C(=O)O)cc2)c1N. The minimum absolute atomic E-state index is 0.0312. The van der Waals surface area contributed by atoms with Gasteiger partial charge in [0.25, 0.3) is 0 Å². The number of carboxylic acid groups (broad SMARTS) is 1. The van der Waals surface area contributed by atoms with Crippen LogP contribution in [0.4, 0.5) is 5.82 Å². The lowest BCUT2D eigenvalue weighted by Crippen LogP contribution is -2.14. The molecule has 8 heteroatoms. The highest BCUT2D eigenvalue weighted by molar-refractivity contribution is 5.92. The fourth-order valence-corrected chi connectivity index (χ4v) is 1.64. The summed E-state index contributed by atoms with van der Waals surface area (Å²) in [7, 11) is 0. The van der Waals surface area contributed by atoms with Crippen LogP contribution in [0.5, 0.6) is 0 Å². The van der Waals surface area contributed by atoms with E-state index in [0.717, 1.165) is 0 Å². The van der Waals surface area contributed by atoms with Gasteiger partial charge in [-0.3, -0.25) is 0 Å². The number of anilines is 1. The lowest BCUT2D eigenvalue weighted by Gasteiger charge is -2.06. The van der Waals surface area contributed by atoms with Gasteiger partial charge in [0.1, 0.15) is 0 Å². The second-order valence-electron chi connectivity index (χ2n) is 4.54. The summed E-state index contributed by atoms with van der Waals surface area (Å²) in [5.41, 5.74) is 6.38. The second kappa shape index (κ2) is 5.61. The van der Waals surface area contributed by atoms with E-state index in [1.807, 2.05) is 0 Å². The summed E-state index contributed by atoms with van der Waals surface area (Å²) in [6.07, 6.45) is -0.295. The molecule has 0 saturated carbocycles. The lowest BCUT2D eigenvalue weighted by atomic mass is 10.2. The maximum atomic E-state index is 11.8. The number of aromatic nitrogens is 3. The fraction of sp³-hybridized carbons (Fsp3) is 0.231. The molecule has 0 fully saturated rings. The number of aromatic carboxylic acids is 1. The van der Waals surface area contributed by atoms with E-state index in [4.69, 9.17) is 15.6 Å². The van der Waals surface area contributed by atoms with Crippen LogP contribution < -0.4 is 5.73 Å². The quantitative estimate of drug-likeness (QED) is 0.809. The molecule has 2 rings (SSSR count). The van der Waals surface area contributed by atoms with E-state index in [1.54, 1.807) is 13.8 Å². The van der Waals surface area contributed by atoms with Crippen LogP contribution in [0, 0.1) is 0 Å². The molecule has 0 aliphatic rings. The van der Waals surface area contributed by atoms with Crippen LogP contribution in [0.25, 0.3) is 5.69 Å². The average molecular weight is 290 g/mol. The van der Waals surface area contributed by atoms with Crippen LogP contribution in [0.15, 0.2) is 24.3 Å². The number of ether oxygens (including phenoxy) is 1. The highest BCUT2D eigenvalue weighted by Crippen LogP contribution is 2.17. The van der Waals surface area contributed by atoms with E-state index >= 15 is 0 Å². The van der Waals surface area contributed by atoms with Gasteiger partial charge in [0.15, 0.2) is 5.82 Å². The highest BCUT2D eigenvalue weighted by atomic mass is 16.5. The Hall–Kier alpha value is -2.90. The first-order valence-electron chi connectivity index (χ1n) is 6.16. The van der Waals surface area contributed by atoms with Gasteiger partial charge in [-0.1, -0.05) is 5.21 Å². The molecule has 110 valence electrons. The molecule has 0 aliphatic carbocycles. The molecule has 1 aromatic carbocycles. The van der Waals surface area contributed by atoms with Crippen molar-refractivity contribution in [3.63, 3.8) is 0 Å². The van der Waals surface area contributed by atoms with Gasteiger partial charge in [-0.25, -0.2) is 9.59 Å². The van der Waals surface area contributed by atoms with E-state index in [2.05, 4.69) is 10.3 Å². The summed E-state index contributed by atoms with van der Waals surface area (Å²) in [6, 6.07) is 5.86. The second-order valence-corrected chi connectivity index (χ2v) is 4.54. The van der Waals surface area contributed by atoms with Crippen molar-refractivity contribution in [2.75, 3.05) is 5.73 Å². The Morgan fingerprint density at radius 1 is 1.29 bits per heavy atom. The van der Waals surface area contributed by atoms with E-state index in [1.165, 1.54) is 28.9 Å². The van der Waals surface area contributed by atoms with Gasteiger partial charge < -0.3 is 15.6 Å². The molecule has 0 saturated heterocycles. The molecular weight excluding hydrogens is 276 g/mol. The van der Waals surface area contributed by atoms with Crippen molar-refractivity contribution in [3.05, 3.63) is 35.5 Å². The molecular formula is C13H14N4O4. The van der Waals surface area contributed by atoms with Gasteiger partial charge in [-0.15, -0.1) is 5.10 Å². The smallest absolute Gasteiger partial charge is 0.363 e. The first-order valence-corrected chi connectivity index (χ1v) is 6.16. The van der Waals surface area contributed by atoms with Gasteiger partial charge in [0.2, 0.25) is 5.69 Å². The number of hydrogen-bond donors (Lipinski definition) is 2. The minimum atomic E-state index is -1.03. The Labute approximate surface area is 120 Å². The number of nitrogen functional groups attached to an aromatic ring is 1. The molecule has 0 unspecified atom stereocenters. The number of carboxylic acids is 1. The largest absolute Gasteiger partial charge is 0.478 e. The first-order chi connectivity index (χ1) is 9.90. The number of rotatable bonds is 4. The number of carbonyl (C=O) groups excluding carboxylic acids is 1. The predicted octanol–water partition coefficient (Wildman–Crippen LogP) is 1.11. The molecule has 2 aromatic rings. The zero-order valence-electron chi connectivity index (χ0n) is 11.5. The number of nitrogens with zero attached hydrogens (tertiary/aromatic N) is 3. The van der Waals surface area contributed by atoms with Crippen LogP contribution in [-0.4, -0.2) is 38.1 Å². The van der Waals surface area contributed by atoms with Crippen LogP contribution >= 0.6 is 0 Å². The summed E-state index contributed by atoms with van der Waals surface area (Å²) in [4.78, 5) is 22.6. The standard InChI is InChI=1S/C13H14N4O4/c1-7(2)21-13(20)10-11(14)17(16-15-10)9-5-3-8(4-6-9)12(18)19/h3-7H,14H2,1-2H3,(H,18,19). The summed E-state index contributed by atoms with van der Waals surface area (Å²) in [5.74, 6) is -1.66. The number of benzene rings is 1. The highest BCUT2D eigenvalue weighted by Gasteiger charge is 2.20. The van der Waals surface area contributed by atoms with Crippen molar-refractivity contribution in [1.82, 2.24) is 15.0 Å². The van der Waals surface area contributed by atoms with E-state index in [9.17, 15) is 9.59 Å². The normalized spacial score (nSPS) is 10.6. The third-order valence-corrected chi connectivity index (χ3v) is 2.60. The van der Waals surface area contributed by atoms with Gasteiger partial charge in [0, 0.05) is 0 Å². The van der Waals surface area contributed by atoms with E-state index < -0.39 is 11.9 Å². The van der Waals surface area contributed by atoms with Crippen LogP contribution in [0.3, 0.4) is 0 Å². The number of carbonyl (C=O) groups is 2. The van der Waals surface area contributed by atoms with Crippen LogP contribution in [0.2, 0.25) is 0 Å². The van der Waals surface area contributed by atoms with Crippen LogP contribution in [-0.2, 0) is 4.74 Å². The third-order valence-electron chi connectivity index (χ3n) is 2.60. The van der Waals surface area contributed by atoms with Crippen molar-refractivity contribution < 1.29 is 19.4 Å². The predicted molar refractivity (Wildman–Crippen MR) is 73.3 cm³/mol. The van der Waals surface area contributed by atoms with Gasteiger partial charge >= 0.3 is 11.9 Å². The van der Waals surface area contributed by atoms with Gasteiger partial charge in [-0.2, -0.15) is 4.68 Å². The molecule has 1 aromatic heterocycles. The number of esters is 1. The fourth-order valence-electron chi connectivity index (χ4n) is 1.64. The molecule has 21 heavy (non-hydrogen) atoms. The molecule has 0 amide bonds. The molecule has 0 aliphatic heterocycles. The Morgan fingerprint density at radius 3 is 2.43 bits per heavy atom. The Morgan fingerprint density at radius 2 is 1.90 bits per heavy atom. The topological polar surface area (TPSA) is 120 Å². The lowest BCUT2D eigenvalue weighted by molar-refractivity contribution is 0.0371. The molecule has 0 radical (unpaired) electrons. The summed E-state index contributed by atoms with van der Waals surface area (Å²) >= 11 is 0. The molecule has 0 atom stereocenters. The summed E-state index contributed by atoms with van der Waals surface area (Å²) < 4.78 is 6.24. The van der Waals surface area contributed by atoms with Gasteiger partial charge in [0.05, 0.1) is 17.4 Å². The van der Waals surface area contributed by atoms with Crippen LogP contribution in [0.1, 0.15) is 34.7 Å². The molecule has 3 N–H and O–H groups in total. The van der Waals surface area contributed by atoms with Crippen molar-refractivity contribution in [2.24, 2.45) is 0 Å². The summed E-state index contributed by atoms with van der Waals surface area (Å²) in [6.45, 7) is 3.42. The molecule has 8 nitrogen and oxygen atoms in total. The zero-order valence-corrected chi connectivity index (χ0v) is 11.5. The van der Waals surface area contributed by atoms with Gasteiger partial charge in [-0.05, 0) is 38.1 Å². The Bertz CT molecular complexity index is 676. The van der Waals surface area contributed by atoms with E-state index in [0.29, 0.717) is 5.69 Å². The van der Waals surface area contributed by atoms with Crippen molar-refractivity contribution in [3.8, 4) is 5.69 Å². The zero-order chi connectivity index (χ0) is 15.6. The Balaban J connectivity index is 2.31. The first kappa shape index (κ1) is 14.5. The average Bonchev–Trinajstić information content (AvgIpc) is 2.80. The molecule has 1 heterocycles. The third kappa shape index (κ3) is 2.99. The van der Waals surface area contributed by atoms with Crippen molar-refractivity contribution >= 4 is 17.8 Å². The maximum Gasteiger partial charge on any atom is 0.363 e. The summed E-state index contributed by atoms with van der Waals surface area (Å²) in [5, 5.41) is 16.3. The molecule has 0 spiro atoms. The maximum absolute atomic E-state index is 11.8. The monoisotopic (exact) mass is 290 g/mol. The number of nitrogens with two attached hydrogens (primary N) is 1. The van der Waals surface area contributed by atoms with Crippen molar-refractivity contribution in [1.29, 1.82) is 0 Å².